The van der Waals surface area contributed by atoms with Crippen LogP contribution in [0.5, 0.6) is 5.88 Å². The molecule has 37 heavy (non-hydrogen) atoms. The highest BCUT2D eigenvalue weighted by Crippen LogP contribution is 2.34. The molecular formula is C22H21F5N8O2. The maximum absolute atomic E-state index is 14.7. The summed E-state index contributed by atoms with van der Waals surface area (Å²) in [6.07, 6.45) is -2.92. The van der Waals surface area contributed by atoms with Gasteiger partial charge in [-0.2, -0.15) is 18.2 Å². The number of nitrogens with one attached hydrogen (secondary N) is 1. The largest absolute Gasteiger partial charge is 0.479 e. The van der Waals surface area contributed by atoms with E-state index in [-0.39, 0.29) is 30.3 Å². The van der Waals surface area contributed by atoms with E-state index in [4.69, 9.17) is 4.74 Å². The summed E-state index contributed by atoms with van der Waals surface area (Å²) in [5, 5.41) is 14.3. The number of piperidine rings is 1. The van der Waals surface area contributed by atoms with Crippen molar-refractivity contribution in [2.45, 2.75) is 38.0 Å². The minimum Gasteiger partial charge on any atom is -0.479 e. The molecule has 1 N–H and O–H groups in total. The highest BCUT2D eigenvalue weighted by Gasteiger charge is 2.46. The fourth-order valence-corrected chi connectivity index (χ4v) is 4.39. The van der Waals surface area contributed by atoms with Gasteiger partial charge >= 0.3 is 6.18 Å². The molecule has 5 rings (SSSR count). The van der Waals surface area contributed by atoms with E-state index in [0.29, 0.717) is 22.2 Å². The summed E-state index contributed by atoms with van der Waals surface area (Å²) in [5.41, 5.74) is 1.95. The van der Waals surface area contributed by atoms with Gasteiger partial charge in [-0.05, 0) is 30.2 Å². The van der Waals surface area contributed by atoms with Crippen LogP contribution in [0.1, 0.15) is 13.3 Å². The van der Waals surface area contributed by atoms with Crippen molar-refractivity contribution in [2.24, 2.45) is 0 Å². The predicted molar refractivity (Wildman–Crippen MR) is 121 cm³/mol. The van der Waals surface area contributed by atoms with Crippen molar-refractivity contribution in [3.05, 3.63) is 30.5 Å². The second-order valence-corrected chi connectivity index (χ2v) is 8.72. The Balaban J connectivity index is 1.48. The van der Waals surface area contributed by atoms with Gasteiger partial charge in [0, 0.05) is 25.2 Å². The highest BCUT2D eigenvalue weighted by molar-refractivity contribution is 5.89. The number of carbonyl (C=O) groups is 1. The number of hydrogen-bond acceptors (Lipinski definition) is 7. The monoisotopic (exact) mass is 524 g/mol. The molecule has 1 saturated heterocycles. The van der Waals surface area contributed by atoms with Crippen LogP contribution in [0.3, 0.4) is 0 Å². The molecule has 1 atom stereocenters. The summed E-state index contributed by atoms with van der Waals surface area (Å²) in [7, 11) is 1.36. The summed E-state index contributed by atoms with van der Waals surface area (Å²) < 4.78 is 75.8. The third-order valence-corrected chi connectivity index (χ3v) is 6.17. The number of ether oxygens (including phenoxy) is 1. The van der Waals surface area contributed by atoms with Crippen LogP contribution < -0.4 is 10.1 Å². The fraction of sp³-hybridized carbons (Fsp3) is 0.409. The van der Waals surface area contributed by atoms with Gasteiger partial charge in [-0.15, -0.1) is 10.2 Å². The van der Waals surface area contributed by atoms with Crippen molar-refractivity contribution in [3.8, 4) is 17.0 Å². The summed E-state index contributed by atoms with van der Waals surface area (Å²) in [4.78, 5) is 16.9. The third kappa shape index (κ3) is 4.72. The molecule has 196 valence electrons. The zero-order chi connectivity index (χ0) is 26.5. The molecule has 1 fully saturated rings. The Labute approximate surface area is 206 Å². The molecule has 0 unspecified atom stereocenters. The van der Waals surface area contributed by atoms with Gasteiger partial charge in [0.15, 0.2) is 0 Å². The number of nitrogens with zero attached hydrogens (tertiary/aromatic N) is 7. The lowest BCUT2D eigenvalue weighted by atomic mass is 10.0. The van der Waals surface area contributed by atoms with Crippen LogP contribution in [-0.2, 0) is 11.3 Å². The molecule has 0 spiro atoms. The topological polar surface area (TPSA) is 102 Å². The van der Waals surface area contributed by atoms with E-state index in [1.165, 1.54) is 24.6 Å². The number of aromatic nitrogens is 6. The number of likely N-dealkylation sites (tertiary alicyclic amines) is 1. The lowest BCUT2D eigenvalue weighted by molar-refractivity contribution is -0.142. The van der Waals surface area contributed by atoms with Gasteiger partial charge in [0.25, 0.3) is 5.92 Å². The number of rotatable bonds is 5. The Kier molecular flexibility index (Phi) is 5.87. The first-order valence-corrected chi connectivity index (χ1v) is 11.2. The van der Waals surface area contributed by atoms with E-state index < -0.39 is 37.1 Å². The van der Waals surface area contributed by atoms with Gasteiger partial charge in [-0.1, -0.05) is 11.3 Å². The fourth-order valence-electron chi connectivity index (χ4n) is 4.39. The summed E-state index contributed by atoms with van der Waals surface area (Å²) >= 11 is 0. The van der Waals surface area contributed by atoms with Crippen LogP contribution >= 0.6 is 0 Å². The minimum absolute atomic E-state index is 0.00706. The van der Waals surface area contributed by atoms with E-state index in [9.17, 15) is 26.7 Å². The lowest BCUT2D eigenvalue weighted by Gasteiger charge is -2.38. The van der Waals surface area contributed by atoms with Crippen molar-refractivity contribution < 1.29 is 31.5 Å². The molecule has 4 heterocycles. The number of halogens is 5. The maximum Gasteiger partial charge on any atom is 0.408 e. The Morgan fingerprint density at radius 2 is 2.05 bits per heavy atom. The van der Waals surface area contributed by atoms with E-state index in [2.05, 4.69) is 25.7 Å². The van der Waals surface area contributed by atoms with E-state index in [1.54, 1.807) is 24.4 Å². The van der Waals surface area contributed by atoms with Crippen molar-refractivity contribution in [3.63, 3.8) is 0 Å². The second kappa shape index (κ2) is 8.81. The van der Waals surface area contributed by atoms with Crippen LogP contribution in [0.4, 0.5) is 27.9 Å². The Morgan fingerprint density at radius 1 is 1.27 bits per heavy atom. The summed E-state index contributed by atoms with van der Waals surface area (Å²) in [5.74, 6) is -3.66. The minimum atomic E-state index is -4.47. The molecule has 3 aromatic heterocycles. The number of amides is 1. The van der Waals surface area contributed by atoms with Crippen molar-refractivity contribution in [1.82, 2.24) is 34.5 Å². The maximum atomic E-state index is 14.7. The standard InChI is InChI=1S/C22H21F5N8O2/c1-12(36)33-7-6-17(21(23,24)10-33)28-20-29-19(37-2)18-14(5-8-34(18)31-20)13-3-4-15-16(9-13)35(32-30-15)11-22(25,26)27/h3-5,8-9,17H,6-7,10-11H2,1-2H3,(H,28,31)/t17-/m1/s1. The number of hydrogen-bond donors (Lipinski definition) is 1. The molecule has 0 aliphatic carbocycles. The number of fused-ring (bicyclic) bond motifs is 2. The zero-order valence-electron chi connectivity index (χ0n) is 19.6. The smallest absolute Gasteiger partial charge is 0.408 e. The van der Waals surface area contributed by atoms with E-state index in [0.717, 1.165) is 9.58 Å². The number of carbonyl (C=O) groups excluding carboxylic acids is 1. The molecule has 0 saturated carbocycles. The molecule has 4 aromatic rings. The van der Waals surface area contributed by atoms with E-state index in [1.807, 2.05) is 0 Å². The summed E-state index contributed by atoms with van der Waals surface area (Å²) in [6.45, 7) is -0.595. The zero-order valence-corrected chi connectivity index (χ0v) is 19.6. The first-order chi connectivity index (χ1) is 17.4. The van der Waals surface area contributed by atoms with E-state index >= 15 is 0 Å². The molecule has 1 aliphatic rings. The van der Waals surface area contributed by atoms with Crippen LogP contribution in [0.25, 0.3) is 27.7 Å². The molecule has 0 radical (unpaired) electrons. The Hall–Kier alpha value is -4.04. The molecule has 10 nitrogen and oxygen atoms in total. The third-order valence-electron chi connectivity index (χ3n) is 6.17. The van der Waals surface area contributed by atoms with Crippen LogP contribution in [0.15, 0.2) is 30.5 Å². The number of methoxy groups -OCH3 is 1. The van der Waals surface area contributed by atoms with Crippen molar-refractivity contribution in [2.75, 3.05) is 25.5 Å². The normalized spacial score (nSPS) is 17.9. The number of alkyl halides is 5. The number of benzene rings is 1. The predicted octanol–water partition coefficient (Wildman–Crippen LogP) is 3.38. The van der Waals surface area contributed by atoms with Gasteiger partial charge in [0.1, 0.15) is 17.6 Å². The van der Waals surface area contributed by atoms with Gasteiger partial charge in [-0.3, -0.25) is 4.79 Å². The first kappa shape index (κ1) is 24.6. The van der Waals surface area contributed by atoms with Gasteiger partial charge in [0.05, 0.1) is 25.2 Å². The number of anilines is 1. The molecule has 0 bridgehead atoms. The quantitative estimate of drug-likeness (QED) is 0.400. The Morgan fingerprint density at radius 3 is 2.73 bits per heavy atom. The van der Waals surface area contributed by atoms with Gasteiger partial charge < -0.3 is 15.0 Å². The highest BCUT2D eigenvalue weighted by atomic mass is 19.4. The SMILES string of the molecule is COc1nc(N[C@@H]2CCN(C(C)=O)CC2(F)F)nn2ccc(-c3ccc4nnn(CC(F)(F)F)c4c3)c12. The second-order valence-electron chi connectivity index (χ2n) is 8.72. The van der Waals surface area contributed by atoms with Crippen LogP contribution in [0, 0.1) is 0 Å². The molecule has 1 amide bonds. The average molecular weight is 524 g/mol. The average Bonchev–Trinajstić information content (AvgIpc) is 3.42. The molecule has 1 aromatic carbocycles. The van der Waals surface area contributed by atoms with Crippen molar-refractivity contribution in [1.29, 1.82) is 0 Å². The Bertz CT molecular complexity index is 1480. The lowest BCUT2D eigenvalue weighted by Crippen LogP contribution is -2.55. The molecule has 1 aliphatic heterocycles. The van der Waals surface area contributed by atoms with Crippen molar-refractivity contribution >= 4 is 28.4 Å². The summed E-state index contributed by atoms with van der Waals surface area (Å²) in [6, 6.07) is 5.09. The van der Waals surface area contributed by atoms with Gasteiger partial charge in [-0.25, -0.2) is 18.0 Å². The molecule has 15 heteroatoms. The first-order valence-electron chi connectivity index (χ1n) is 11.2. The van der Waals surface area contributed by atoms with Crippen LogP contribution in [0.2, 0.25) is 0 Å². The van der Waals surface area contributed by atoms with Crippen LogP contribution in [-0.4, -0.2) is 78.7 Å². The molecular weight excluding hydrogens is 503 g/mol. The van der Waals surface area contributed by atoms with Gasteiger partial charge in [0.2, 0.25) is 17.7 Å².